The van der Waals surface area contributed by atoms with E-state index in [1.807, 2.05) is 24.5 Å². The number of H-pyrrole nitrogens is 1. The molecule has 0 aromatic carbocycles. The normalized spacial score (nSPS) is 13.8. The molecule has 0 unspecified atom stereocenters. The zero-order valence-electron chi connectivity index (χ0n) is 10.2. The van der Waals surface area contributed by atoms with Gasteiger partial charge >= 0.3 is 0 Å². The molecule has 4 heterocycles. The molecule has 0 saturated carbocycles. The second-order valence-electron chi connectivity index (χ2n) is 4.50. The Hall–Kier alpha value is -2.62. The number of hydrogen-bond donors (Lipinski definition) is 1. The van der Waals surface area contributed by atoms with Crippen molar-refractivity contribution in [2.75, 3.05) is 11.4 Å². The molecule has 0 saturated heterocycles. The fraction of sp³-hybridized carbons (Fsp3) is 0.0667. The van der Waals surface area contributed by atoms with Gasteiger partial charge in [-0.1, -0.05) is 12.2 Å². The van der Waals surface area contributed by atoms with Crippen LogP contribution in [0.2, 0.25) is 0 Å². The van der Waals surface area contributed by atoms with Gasteiger partial charge in [-0.05, 0) is 24.3 Å². The fourth-order valence-corrected chi connectivity index (χ4v) is 2.51. The summed E-state index contributed by atoms with van der Waals surface area (Å²) >= 11 is 0. The van der Waals surface area contributed by atoms with Crippen LogP contribution in [0.15, 0.2) is 48.9 Å². The van der Waals surface area contributed by atoms with Gasteiger partial charge in [-0.3, -0.25) is 0 Å². The van der Waals surface area contributed by atoms with E-state index in [0.29, 0.717) is 0 Å². The van der Waals surface area contributed by atoms with E-state index < -0.39 is 0 Å². The Morgan fingerprint density at radius 3 is 3.00 bits per heavy atom. The van der Waals surface area contributed by atoms with Crippen LogP contribution < -0.4 is 4.90 Å². The molecule has 4 heteroatoms. The lowest BCUT2D eigenvalue weighted by atomic mass is 10.1. The summed E-state index contributed by atoms with van der Waals surface area (Å²) in [5, 5.41) is 1.12. The Morgan fingerprint density at radius 2 is 2.00 bits per heavy atom. The van der Waals surface area contributed by atoms with Gasteiger partial charge in [0.1, 0.15) is 11.5 Å². The molecular formula is C15H12N4. The van der Waals surface area contributed by atoms with Crippen molar-refractivity contribution in [2.24, 2.45) is 0 Å². The molecule has 4 rings (SSSR count). The number of aromatic amines is 1. The van der Waals surface area contributed by atoms with E-state index in [-0.39, 0.29) is 0 Å². The number of pyridine rings is 2. The Kier molecular flexibility index (Phi) is 2.14. The molecule has 0 radical (unpaired) electrons. The second-order valence-corrected chi connectivity index (χ2v) is 4.50. The number of nitrogens with zero attached hydrogens (tertiary/aromatic N) is 3. The minimum atomic E-state index is 0.825. The molecule has 3 aromatic rings. The quantitative estimate of drug-likeness (QED) is 0.719. The lowest BCUT2D eigenvalue weighted by Crippen LogP contribution is -2.21. The summed E-state index contributed by atoms with van der Waals surface area (Å²) in [6.45, 7) is 0.825. The maximum absolute atomic E-state index is 4.50. The summed E-state index contributed by atoms with van der Waals surface area (Å²) in [5.74, 6) is 0.995. The second kappa shape index (κ2) is 3.95. The number of fused-ring (bicyclic) bond motifs is 2. The van der Waals surface area contributed by atoms with Gasteiger partial charge in [-0.2, -0.15) is 0 Å². The lowest BCUT2D eigenvalue weighted by molar-refractivity contribution is 1.04. The van der Waals surface area contributed by atoms with Crippen LogP contribution >= 0.6 is 0 Å². The van der Waals surface area contributed by atoms with Crippen LogP contribution in [0.3, 0.4) is 0 Å². The fourth-order valence-electron chi connectivity index (χ4n) is 2.51. The topological polar surface area (TPSA) is 44.8 Å². The van der Waals surface area contributed by atoms with E-state index in [4.69, 9.17) is 0 Å². The van der Waals surface area contributed by atoms with Gasteiger partial charge in [0.15, 0.2) is 0 Å². The van der Waals surface area contributed by atoms with Crippen LogP contribution in [0.25, 0.3) is 17.1 Å². The van der Waals surface area contributed by atoms with Crippen molar-refractivity contribution in [1.29, 1.82) is 0 Å². The highest BCUT2D eigenvalue weighted by molar-refractivity contribution is 5.93. The predicted molar refractivity (Wildman–Crippen MR) is 76.4 cm³/mol. The van der Waals surface area contributed by atoms with Crippen LogP contribution in [0.1, 0.15) is 5.56 Å². The third-order valence-corrected chi connectivity index (χ3v) is 3.38. The first kappa shape index (κ1) is 10.3. The Morgan fingerprint density at radius 1 is 1.11 bits per heavy atom. The van der Waals surface area contributed by atoms with Crippen LogP contribution in [-0.4, -0.2) is 21.5 Å². The van der Waals surface area contributed by atoms with Crippen LogP contribution in [-0.2, 0) is 0 Å². The van der Waals surface area contributed by atoms with Gasteiger partial charge in [0.25, 0.3) is 0 Å². The molecule has 0 aliphatic carbocycles. The van der Waals surface area contributed by atoms with Crippen molar-refractivity contribution in [2.45, 2.75) is 0 Å². The minimum Gasteiger partial charge on any atom is -0.344 e. The summed E-state index contributed by atoms with van der Waals surface area (Å²) in [6.07, 6.45) is 9.89. The predicted octanol–water partition coefficient (Wildman–Crippen LogP) is 3.12. The highest BCUT2D eigenvalue weighted by Gasteiger charge is 2.18. The van der Waals surface area contributed by atoms with E-state index >= 15 is 0 Å². The van der Waals surface area contributed by atoms with E-state index in [9.17, 15) is 0 Å². The number of anilines is 2. The smallest absolute Gasteiger partial charge is 0.140 e. The standard InChI is InChI=1S/C15H12N4/c1-4-11-5-3-9-19(15(11)17-8-1)13-10-18-14-12(13)6-2-7-16-14/h1-8,10H,9H2,(H,16,18). The van der Waals surface area contributed by atoms with Gasteiger partial charge < -0.3 is 9.88 Å². The third-order valence-electron chi connectivity index (χ3n) is 3.38. The first-order chi connectivity index (χ1) is 9.43. The molecule has 4 nitrogen and oxygen atoms in total. The number of rotatable bonds is 1. The van der Waals surface area contributed by atoms with Gasteiger partial charge in [0, 0.05) is 36.1 Å². The molecule has 0 atom stereocenters. The highest BCUT2D eigenvalue weighted by Crippen LogP contribution is 2.34. The van der Waals surface area contributed by atoms with Crippen LogP contribution in [0.4, 0.5) is 11.5 Å². The van der Waals surface area contributed by atoms with Crippen molar-refractivity contribution >= 4 is 28.6 Å². The van der Waals surface area contributed by atoms with Crippen molar-refractivity contribution in [1.82, 2.24) is 15.0 Å². The van der Waals surface area contributed by atoms with E-state index in [2.05, 4.69) is 44.1 Å². The maximum Gasteiger partial charge on any atom is 0.140 e. The average molecular weight is 248 g/mol. The SMILES string of the molecule is C1=Cc2cccnc2N(c2c[nH]c3ncccc23)C1. The van der Waals surface area contributed by atoms with Crippen LogP contribution in [0.5, 0.6) is 0 Å². The average Bonchev–Trinajstić information content (AvgIpc) is 2.90. The largest absolute Gasteiger partial charge is 0.344 e. The number of nitrogens with one attached hydrogen (secondary N) is 1. The summed E-state index contributed by atoms with van der Waals surface area (Å²) in [5.41, 5.74) is 3.17. The highest BCUT2D eigenvalue weighted by atomic mass is 15.2. The summed E-state index contributed by atoms with van der Waals surface area (Å²) in [7, 11) is 0. The summed E-state index contributed by atoms with van der Waals surface area (Å²) < 4.78 is 0. The van der Waals surface area contributed by atoms with Crippen molar-refractivity contribution in [3.63, 3.8) is 0 Å². The van der Waals surface area contributed by atoms with Crippen molar-refractivity contribution < 1.29 is 0 Å². The Balaban J connectivity index is 1.92. The van der Waals surface area contributed by atoms with E-state index in [1.165, 1.54) is 0 Å². The van der Waals surface area contributed by atoms with Crippen molar-refractivity contribution in [3.05, 3.63) is 54.5 Å². The molecular weight excluding hydrogens is 236 g/mol. The van der Waals surface area contributed by atoms with Crippen LogP contribution in [0, 0.1) is 0 Å². The molecule has 0 amide bonds. The number of hydrogen-bond acceptors (Lipinski definition) is 3. The monoisotopic (exact) mass is 248 g/mol. The van der Waals surface area contributed by atoms with E-state index in [1.54, 1.807) is 6.20 Å². The molecule has 0 bridgehead atoms. The summed E-state index contributed by atoms with van der Waals surface area (Å²) in [4.78, 5) is 14.3. The molecule has 0 fully saturated rings. The lowest BCUT2D eigenvalue weighted by Gasteiger charge is -2.26. The van der Waals surface area contributed by atoms with Gasteiger partial charge in [-0.15, -0.1) is 0 Å². The molecule has 1 aliphatic rings. The molecule has 0 spiro atoms. The molecule has 1 N–H and O–H groups in total. The molecule has 92 valence electrons. The Bertz CT molecular complexity index is 772. The zero-order chi connectivity index (χ0) is 12.7. The first-order valence-electron chi connectivity index (χ1n) is 6.25. The van der Waals surface area contributed by atoms with Gasteiger partial charge in [-0.25, -0.2) is 9.97 Å². The first-order valence-corrected chi connectivity index (χ1v) is 6.25. The summed E-state index contributed by atoms with van der Waals surface area (Å²) in [6, 6.07) is 8.08. The zero-order valence-corrected chi connectivity index (χ0v) is 10.2. The van der Waals surface area contributed by atoms with Gasteiger partial charge in [0.2, 0.25) is 0 Å². The van der Waals surface area contributed by atoms with Gasteiger partial charge in [0.05, 0.1) is 5.69 Å². The molecule has 3 aromatic heterocycles. The molecule has 1 aliphatic heterocycles. The molecule has 19 heavy (non-hydrogen) atoms. The third kappa shape index (κ3) is 1.53. The van der Waals surface area contributed by atoms with E-state index in [0.717, 1.165) is 34.6 Å². The number of aromatic nitrogens is 3. The minimum absolute atomic E-state index is 0.825. The Labute approximate surface area is 110 Å². The maximum atomic E-state index is 4.50. The van der Waals surface area contributed by atoms with Crippen molar-refractivity contribution in [3.8, 4) is 0 Å².